The van der Waals surface area contributed by atoms with Gasteiger partial charge in [0.2, 0.25) is 15.9 Å². The first-order valence-electron chi connectivity index (χ1n) is 7.93. The fourth-order valence-corrected chi connectivity index (χ4v) is 3.65. The molecule has 1 atom stereocenters. The van der Waals surface area contributed by atoms with E-state index >= 15 is 0 Å². The van der Waals surface area contributed by atoms with Gasteiger partial charge in [-0.2, -0.15) is 0 Å². The highest BCUT2D eigenvalue weighted by Crippen LogP contribution is 2.20. The Labute approximate surface area is 141 Å². The lowest BCUT2D eigenvalue weighted by molar-refractivity contribution is -0.126. The first kappa shape index (κ1) is 18.8. The number of piperidine rings is 1. The lowest BCUT2D eigenvalue weighted by Crippen LogP contribution is -2.42. The molecule has 24 heavy (non-hydrogen) atoms. The third kappa shape index (κ3) is 5.25. The van der Waals surface area contributed by atoms with Crippen LogP contribution in [0.1, 0.15) is 30.9 Å². The molecule has 134 valence electrons. The smallest absolute Gasteiger partial charge is 0.223 e. The minimum absolute atomic E-state index is 0.116. The molecule has 0 radical (unpaired) electrons. The zero-order valence-electron chi connectivity index (χ0n) is 13.6. The fraction of sp³-hybridized carbons (Fsp3) is 0.562. The number of hydrogen-bond donors (Lipinski definition) is 2. The van der Waals surface area contributed by atoms with E-state index < -0.39 is 16.1 Å². The monoisotopic (exact) mass is 358 g/mol. The van der Waals surface area contributed by atoms with Crippen LogP contribution in [0.2, 0.25) is 0 Å². The Morgan fingerprint density at radius 1 is 1.33 bits per heavy atom. The summed E-state index contributed by atoms with van der Waals surface area (Å²) in [5.41, 5.74) is 0.604. The molecule has 1 amide bonds. The predicted octanol–water partition coefficient (Wildman–Crippen LogP) is 1.04. The third-order valence-electron chi connectivity index (χ3n) is 4.27. The first-order chi connectivity index (χ1) is 11.3. The number of amides is 1. The van der Waals surface area contributed by atoms with Gasteiger partial charge in [-0.05, 0) is 37.0 Å². The molecule has 1 fully saturated rings. The van der Waals surface area contributed by atoms with Gasteiger partial charge in [0.1, 0.15) is 5.82 Å². The van der Waals surface area contributed by atoms with Gasteiger partial charge in [0.25, 0.3) is 0 Å². The Bertz CT molecular complexity index is 655. The number of nitrogens with zero attached hydrogens (tertiary/aromatic N) is 1. The van der Waals surface area contributed by atoms with E-state index in [-0.39, 0.29) is 17.6 Å². The molecule has 0 saturated carbocycles. The highest BCUT2D eigenvalue weighted by Gasteiger charge is 2.28. The highest BCUT2D eigenvalue weighted by atomic mass is 32.2. The molecule has 0 spiro atoms. The van der Waals surface area contributed by atoms with Gasteiger partial charge in [0.15, 0.2) is 0 Å². The Balaban J connectivity index is 1.73. The molecule has 1 unspecified atom stereocenters. The maximum absolute atomic E-state index is 12.8. The molecule has 1 aromatic carbocycles. The van der Waals surface area contributed by atoms with Gasteiger partial charge in [-0.15, -0.1) is 0 Å². The van der Waals surface area contributed by atoms with Crippen molar-refractivity contribution in [2.24, 2.45) is 5.92 Å². The van der Waals surface area contributed by atoms with Crippen molar-refractivity contribution in [3.05, 3.63) is 35.6 Å². The lowest BCUT2D eigenvalue weighted by atomic mass is 9.97. The van der Waals surface area contributed by atoms with Gasteiger partial charge in [0.05, 0.1) is 12.4 Å². The Morgan fingerprint density at radius 2 is 1.92 bits per heavy atom. The average Bonchev–Trinajstić information content (AvgIpc) is 2.54. The Morgan fingerprint density at radius 3 is 2.46 bits per heavy atom. The van der Waals surface area contributed by atoms with Crippen LogP contribution in [-0.4, -0.2) is 49.6 Å². The summed E-state index contributed by atoms with van der Waals surface area (Å²) in [6.07, 6.45) is 1.74. The fourth-order valence-electron chi connectivity index (χ4n) is 2.78. The number of aliphatic hydroxyl groups excluding tert-OH is 1. The second kappa shape index (κ2) is 8.04. The molecule has 2 rings (SSSR count). The standard InChI is InChI=1S/C16H23FN2O4S/c1-24(22,23)19-10-7-13(8-11-19)16(21)18-9-6-15(20)12-2-4-14(17)5-3-12/h2-5,13,15,20H,6-11H2,1H3,(H,18,21). The number of nitrogens with one attached hydrogen (secondary N) is 1. The summed E-state index contributed by atoms with van der Waals surface area (Å²) < 4.78 is 37.1. The normalized spacial score (nSPS) is 18.3. The molecule has 1 heterocycles. The minimum atomic E-state index is -3.20. The predicted molar refractivity (Wildman–Crippen MR) is 88.1 cm³/mol. The van der Waals surface area contributed by atoms with E-state index in [9.17, 15) is 22.7 Å². The quantitative estimate of drug-likeness (QED) is 0.795. The molecule has 0 aliphatic carbocycles. The topological polar surface area (TPSA) is 86.7 Å². The highest BCUT2D eigenvalue weighted by molar-refractivity contribution is 7.88. The van der Waals surface area contributed by atoms with Gasteiger partial charge in [0, 0.05) is 25.6 Å². The number of halogens is 1. The maximum Gasteiger partial charge on any atom is 0.223 e. The molecular weight excluding hydrogens is 335 g/mol. The van der Waals surface area contributed by atoms with E-state index in [1.165, 1.54) is 34.8 Å². The summed E-state index contributed by atoms with van der Waals surface area (Å²) in [4.78, 5) is 12.1. The van der Waals surface area contributed by atoms with Crippen molar-refractivity contribution in [2.75, 3.05) is 25.9 Å². The van der Waals surface area contributed by atoms with Gasteiger partial charge < -0.3 is 10.4 Å². The lowest BCUT2D eigenvalue weighted by Gasteiger charge is -2.29. The van der Waals surface area contributed by atoms with Crippen molar-refractivity contribution >= 4 is 15.9 Å². The zero-order valence-corrected chi connectivity index (χ0v) is 14.4. The van der Waals surface area contributed by atoms with Crippen molar-refractivity contribution in [2.45, 2.75) is 25.4 Å². The number of carbonyl (C=O) groups excluding carboxylic acids is 1. The molecule has 2 N–H and O–H groups in total. The van der Waals surface area contributed by atoms with Gasteiger partial charge in [-0.3, -0.25) is 4.79 Å². The third-order valence-corrected chi connectivity index (χ3v) is 5.57. The molecule has 1 aliphatic rings. The van der Waals surface area contributed by atoms with E-state index in [0.717, 1.165) is 0 Å². The number of aliphatic hydroxyl groups is 1. The first-order valence-corrected chi connectivity index (χ1v) is 9.78. The van der Waals surface area contributed by atoms with Crippen LogP contribution in [0.15, 0.2) is 24.3 Å². The van der Waals surface area contributed by atoms with Crippen LogP contribution in [0.25, 0.3) is 0 Å². The van der Waals surface area contributed by atoms with Crippen molar-refractivity contribution in [3.8, 4) is 0 Å². The molecule has 1 aromatic rings. The Hall–Kier alpha value is -1.51. The van der Waals surface area contributed by atoms with Crippen molar-refractivity contribution < 1.29 is 22.7 Å². The van der Waals surface area contributed by atoms with Crippen LogP contribution in [0, 0.1) is 11.7 Å². The number of hydrogen-bond acceptors (Lipinski definition) is 4. The SMILES string of the molecule is CS(=O)(=O)N1CCC(C(=O)NCCC(O)c2ccc(F)cc2)CC1. The second-order valence-electron chi connectivity index (χ2n) is 6.08. The van der Waals surface area contributed by atoms with Crippen LogP contribution in [0.5, 0.6) is 0 Å². The zero-order chi connectivity index (χ0) is 17.7. The number of sulfonamides is 1. The maximum atomic E-state index is 12.8. The molecule has 6 nitrogen and oxygen atoms in total. The van der Waals surface area contributed by atoms with Crippen LogP contribution in [0.4, 0.5) is 4.39 Å². The summed E-state index contributed by atoms with van der Waals surface area (Å²) in [5.74, 6) is -0.680. The van der Waals surface area contributed by atoms with E-state index in [0.29, 0.717) is 44.5 Å². The molecular formula is C16H23FN2O4S. The van der Waals surface area contributed by atoms with Crippen LogP contribution < -0.4 is 5.32 Å². The molecule has 0 aromatic heterocycles. The van der Waals surface area contributed by atoms with Crippen LogP contribution in [-0.2, 0) is 14.8 Å². The molecule has 1 aliphatic heterocycles. The van der Waals surface area contributed by atoms with Crippen LogP contribution in [0.3, 0.4) is 0 Å². The second-order valence-corrected chi connectivity index (χ2v) is 8.07. The molecule has 8 heteroatoms. The van der Waals surface area contributed by atoms with Crippen LogP contribution >= 0.6 is 0 Å². The average molecular weight is 358 g/mol. The van der Waals surface area contributed by atoms with E-state index in [2.05, 4.69) is 5.32 Å². The summed E-state index contributed by atoms with van der Waals surface area (Å²) in [7, 11) is -3.20. The van der Waals surface area contributed by atoms with Crippen molar-refractivity contribution in [1.29, 1.82) is 0 Å². The molecule has 1 saturated heterocycles. The largest absolute Gasteiger partial charge is 0.388 e. The summed E-state index contributed by atoms with van der Waals surface area (Å²) in [6, 6.07) is 5.60. The van der Waals surface area contributed by atoms with E-state index in [1.807, 2.05) is 0 Å². The van der Waals surface area contributed by atoms with Gasteiger partial charge >= 0.3 is 0 Å². The van der Waals surface area contributed by atoms with E-state index in [1.54, 1.807) is 0 Å². The number of benzene rings is 1. The van der Waals surface area contributed by atoms with E-state index in [4.69, 9.17) is 0 Å². The molecule has 0 bridgehead atoms. The number of carbonyl (C=O) groups is 1. The van der Waals surface area contributed by atoms with Gasteiger partial charge in [-0.25, -0.2) is 17.1 Å². The minimum Gasteiger partial charge on any atom is -0.388 e. The van der Waals surface area contributed by atoms with Crippen molar-refractivity contribution in [3.63, 3.8) is 0 Å². The van der Waals surface area contributed by atoms with Crippen molar-refractivity contribution in [1.82, 2.24) is 9.62 Å². The summed E-state index contributed by atoms with van der Waals surface area (Å²) in [5, 5.41) is 12.8. The summed E-state index contributed by atoms with van der Waals surface area (Å²) in [6.45, 7) is 1.02. The van der Waals surface area contributed by atoms with Gasteiger partial charge in [-0.1, -0.05) is 12.1 Å². The Kier molecular flexibility index (Phi) is 6.31. The summed E-state index contributed by atoms with van der Waals surface area (Å²) >= 11 is 0. The number of rotatable bonds is 6.